The predicted octanol–water partition coefficient (Wildman–Crippen LogP) is 1.95. The highest BCUT2D eigenvalue weighted by atomic mass is 79.9. The molecule has 0 radical (unpaired) electrons. The van der Waals surface area contributed by atoms with Crippen LogP contribution in [0.4, 0.5) is 0 Å². The van der Waals surface area contributed by atoms with Crippen molar-refractivity contribution in [3.8, 4) is 23.3 Å². The van der Waals surface area contributed by atoms with E-state index in [1.54, 1.807) is 6.07 Å². The van der Waals surface area contributed by atoms with Gasteiger partial charge in [-0.05, 0) is 15.9 Å². The highest BCUT2D eigenvalue weighted by Crippen LogP contribution is 2.44. The minimum Gasteiger partial charge on any atom is -0.506 e. The zero-order chi connectivity index (χ0) is 10.1. The lowest BCUT2D eigenvalue weighted by Gasteiger charge is -2.06. The van der Waals surface area contributed by atoms with Gasteiger partial charge in [-0.2, -0.15) is 5.26 Å². The van der Waals surface area contributed by atoms with Crippen molar-refractivity contribution in [1.29, 1.82) is 5.26 Å². The van der Waals surface area contributed by atoms with Crippen molar-refractivity contribution in [3.63, 3.8) is 0 Å². The number of hydrogen-bond donors (Lipinski definition) is 1. The summed E-state index contributed by atoms with van der Waals surface area (Å²) in [5.41, 5.74) is 0.467. The Morgan fingerprint density at radius 2 is 2.36 bits per heavy atom. The number of halogens is 1. The van der Waals surface area contributed by atoms with Crippen LogP contribution in [0.1, 0.15) is 5.56 Å². The van der Waals surface area contributed by atoms with E-state index >= 15 is 0 Å². The molecule has 1 aromatic carbocycles. The van der Waals surface area contributed by atoms with Gasteiger partial charge in [-0.15, -0.1) is 0 Å². The van der Waals surface area contributed by atoms with Crippen LogP contribution in [0.5, 0.6) is 17.2 Å². The maximum atomic E-state index is 9.66. The van der Waals surface area contributed by atoms with Crippen LogP contribution >= 0.6 is 15.9 Å². The van der Waals surface area contributed by atoms with Crippen LogP contribution in [0, 0.1) is 11.3 Å². The number of phenolic OH excluding ortho intramolecular Hbond substituents is 1. The van der Waals surface area contributed by atoms with Crippen LogP contribution in [0.25, 0.3) is 0 Å². The van der Waals surface area contributed by atoms with Gasteiger partial charge in [0, 0.05) is 6.07 Å². The lowest BCUT2D eigenvalue weighted by atomic mass is 10.1. The Morgan fingerprint density at radius 3 is 3.07 bits per heavy atom. The molecule has 0 amide bonds. The number of aromatic hydroxyl groups is 1. The topological polar surface area (TPSA) is 62.5 Å². The van der Waals surface area contributed by atoms with E-state index in [1.807, 2.05) is 6.07 Å². The first-order chi connectivity index (χ1) is 6.74. The number of rotatable bonds is 1. The smallest absolute Gasteiger partial charge is 0.231 e. The first-order valence-corrected chi connectivity index (χ1v) is 4.70. The molecular weight excluding hydrogens is 250 g/mol. The molecule has 14 heavy (non-hydrogen) atoms. The quantitative estimate of drug-likeness (QED) is 0.834. The van der Waals surface area contributed by atoms with Crippen LogP contribution in [0.2, 0.25) is 0 Å². The normalized spacial score (nSPS) is 12.6. The minimum absolute atomic E-state index is 0.0378. The van der Waals surface area contributed by atoms with Crippen LogP contribution in [-0.4, -0.2) is 11.9 Å². The summed E-state index contributed by atoms with van der Waals surface area (Å²) in [7, 11) is 0. The van der Waals surface area contributed by atoms with E-state index in [0.717, 1.165) is 0 Å². The fourth-order valence-corrected chi connectivity index (χ4v) is 1.76. The number of benzene rings is 1. The van der Waals surface area contributed by atoms with Gasteiger partial charge in [-0.25, -0.2) is 0 Å². The minimum atomic E-state index is 0.0378. The van der Waals surface area contributed by atoms with Gasteiger partial charge < -0.3 is 14.6 Å². The lowest BCUT2D eigenvalue weighted by molar-refractivity contribution is 0.173. The molecule has 1 N–H and O–H groups in total. The summed E-state index contributed by atoms with van der Waals surface area (Å²) in [4.78, 5) is 0. The van der Waals surface area contributed by atoms with E-state index in [0.29, 0.717) is 21.5 Å². The largest absolute Gasteiger partial charge is 0.506 e. The van der Waals surface area contributed by atoms with E-state index in [4.69, 9.17) is 14.7 Å². The van der Waals surface area contributed by atoms with Gasteiger partial charge in [0.1, 0.15) is 5.75 Å². The van der Waals surface area contributed by atoms with Gasteiger partial charge in [-0.1, -0.05) is 0 Å². The van der Waals surface area contributed by atoms with Crippen molar-refractivity contribution >= 4 is 15.9 Å². The fourth-order valence-electron chi connectivity index (χ4n) is 1.31. The molecule has 0 aromatic heterocycles. The number of nitriles is 1. The summed E-state index contributed by atoms with van der Waals surface area (Å²) in [6, 6.07) is 3.59. The van der Waals surface area contributed by atoms with Gasteiger partial charge in [-0.3, -0.25) is 0 Å². The van der Waals surface area contributed by atoms with Crippen molar-refractivity contribution in [2.75, 3.05) is 6.79 Å². The van der Waals surface area contributed by atoms with Crippen LogP contribution < -0.4 is 9.47 Å². The van der Waals surface area contributed by atoms with Crippen LogP contribution in [-0.2, 0) is 6.42 Å². The molecule has 0 atom stereocenters. The second-order valence-electron chi connectivity index (χ2n) is 2.75. The number of nitrogens with zero attached hydrogens (tertiary/aromatic N) is 1. The number of phenols is 1. The molecule has 72 valence electrons. The SMILES string of the molecule is N#CCc1c(O)c(Br)cc2c1OCO2. The van der Waals surface area contributed by atoms with Crippen LogP contribution in [0.3, 0.4) is 0 Å². The predicted molar refractivity (Wildman–Crippen MR) is 51.2 cm³/mol. The van der Waals surface area contributed by atoms with Crippen molar-refractivity contribution in [2.45, 2.75) is 6.42 Å². The van der Waals surface area contributed by atoms with Gasteiger partial charge >= 0.3 is 0 Å². The van der Waals surface area contributed by atoms with Crippen LogP contribution in [0.15, 0.2) is 10.5 Å². The molecule has 0 bridgehead atoms. The highest BCUT2D eigenvalue weighted by molar-refractivity contribution is 9.10. The Morgan fingerprint density at radius 1 is 1.57 bits per heavy atom. The molecule has 2 rings (SSSR count). The zero-order valence-corrected chi connectivity index (χ0v) is 8.67. The second-order valence-corrected chi connectivity index (χ2v) is 3.61. The fraction of sp³-hybridized carbons (Fsp3) is 0.222. The first-order valence-electron chi connectivity index (χ1n) is 3.91. The molecule has 5 heteroatoms. The standard InChI is InChI=1S/C9H6BrNO3/c10-6-3-7-9(14-4-13-7)5(1-2-11)8(6)12/h3,12H,1,4H2. The summed E-state index contributed by atoms with van der Waals surface area (Å²) in [5.74, 6) is 1.06. The van der Waals surface area contributed by atoms with Crippen molar-refractivity contribution in [3.05, 3.63) is 16.1 Å². The molecule has 0 spiro atoms. The van der Waals surface area contributed by atoms with Crippen molar-refractivity contribution in [1.82, 2.24) is 0 Å². The van der Waals surface area contributed by atoms with Crippen molar-refractivity contribution < 1.29 is 14.6 Å². The maximum Gasteiger partial charge on any atom is 0.231 e. The summed E-state index contributed by atoms with van der Waals surface area (Å²) in [5, 5.41) is 18.3. The van der Waals surface area contributed by atoms with E-state index in [2.05, 4.69) is 15.9 Å². The van der Waals surface area contributed by atoms with Gasteiger partial charge in [0.15, 0.2) is 11.5 Å². The molecule has 0 aliphatic carbocycles. The Hall–Kier alpha value is -1.41. The summed E-state index contributed by atoms with van der Waals surface area (Å²) in [6.45, 7) is 0.129. The summed E-state index contributed by atoms with van der Waals surface area (Å²) < 4.78 is 10.8. The van der Waals surface area contributed by atoms with E-state index in [-0.39, 0.29) is 19.0 Å². The Labute approximate surface area is 88.8 Å². The average Bonchev–Trinajstić information content (AvgIpc) is 2.60. The number of ether oxygens (including phenoxy) is 2. The van der Waals surface area contributed by atoms with Gasteiger partial charge in [0.2, 0.25) is 6.79 Å². The number of hydrogen-bond acceptors (Lipinski definition) is 4. The van der Waals surface area contributed by atoms with E-state index < -0.39 is 0 Å². The summed E-state index contributed by atoms with van der Waals surface area (Å²) >= 11 is 3.17. The maximum absolute atomic E-state index is 9.66. The Kier molecular flexibility index (Phi) is 2.22. The third kappa shape index (κ3) is 1.28. The number of fused-ring (bicyclic) bond motifs is 1. The van der Waals surface area contributed by atoms with E-state index in [1.165, 1.54) is 0 Å². The van der Waals surface area contributed by atoms with Crippen molar-refractivity contribution in [2.24, 2.45) is 0 Å². The zero-order valence-electron chi connectivity index (χ0n) is 7.08. The third-order valence-electron chi connectivity index (χ3n) is 1.94. The Bertz CT molecular complexity index is 425. The van der Waals surface area contributed by atoms with Gasteiger partial charge in [0.05, 0.1) is 22.5 Å². The lowest BCUT2D eigenvalue weighted by Crippen LogP contribution is -1.94. The molecule has 0 fully saturated rings. The third-order valence-corrected chi connectivity index (χ3v) is 2.55. The first kappa shape index (κ1) is 9.16. The monoisotopic (exact) mass is 255 g/mol. The molecule has 1 aliphatic heterocycles. The second kappa shape index (κ2) is 3.39. The molecule has 1 heterocycles. The average molecular weight is 256 g/mol. The molecule has 0 unspecified atom stereocenters. The molecule has 0 saturated heterocycles. The molecule has 4 nitrogen and oxygen atoms in total. The molecule has 0 saturated carbocycles. The molecule has 1 aromatic rings. The Balaban J connectivity index is 2.61. The molecule has 1 aliphatic rings. The highest BCUT2D eigenvalue weighted by Gasteiger charge is 2.22. The molecular formula is C9H6BrNO3. The van der Waals surface area contributed by atoms with Gasteiger partial charge in [0.25, 0.3) is 0 Å². The summed E-state index contributed by atoms with van der Waals surface area (Å²) in [6.07, 6.45) is 0.0942. The van der Waals surface area contributed by atoms with E-state index in [9.17, 15) is 5.11 Å².